The van der Waals surface area contributed by atoms with E-state index >= 15 is 0 Å². The first-order valence-electron chi connectivity index (χ1n) is 8.13. The molecule has 3 aromatic rings. The number of rotatable bonds is 3. The normalized spacial score (nSPS) is 17.8. The van der Waals surface area contributed by atoms with Crippen LogP contribution in [-0.2, 0) is 11.2 Å². The van der Waals surface area contributed by atoms with Gasteiger partial charge in [-0.25, -0.2) is 9.50 Å². The fraction of sp³-hybridized carbons (Fsp3) is 0.412. The molecule has 4 heterocycles. The number of likely N-dealkylation sites (tertiary alicyclic amines) is 1. The maximum Gasteiger partial charge on any atom is 0.252 e. The van der Waals surface area contributed by atoms with E-state index in [4.69, 9.17) is 0 Å². The summed E-state index contributed by atoms with van der Waals surface area (Å²) in [7, 11) is 0. The van der Waals surface area contributed by atoms with Gasteiger partial charge in [-0.1, -0.05) is 0 Å². The smallest absolute Gasteiger partial charge is 0.252 e. The van der Waals surface area contributed by atoms with E-state index in [2.05, 4.69) is 31.9 Å². The fourth-order valence-electron chi connectivity index (χ4n) is 3.40. The first-order chi connectivity index (χ1) is 11.6. The van der Waals surface area contributed by atoms with Crippen LogP contribution in [0.25, 0.3) is 5.78 Å². The third kappa shape index (κ3) is 2.69. The molecule has 0 N–H and O–H groups in total. The quantitative estimate of drug-likeness (QED) is 0.735. The summed E-state index contributed by atoms with van der Waals surface area (Å²) < 4.78 is 1.70. The second-order valence-electron chi connectivity index (χ2n) is 6.26. The van der Waals surface area contributed by atoms with Crippen LogP contribution in [0.4, 0.5) is 0 Å². The molecule has 1 aliphatic rings. The molecule has 1 saturated heterocycles. The molecular formula is C17H19N5OS. The minimum atomic E-state index is 0.0916. The molecule has 0 saturated carbocycles. The highest BCUT2D eigenvalue weighted by Crippen LogP contribution is 2.33. The monoisotopic (exact) mass is 341 g/mol. The standard InChI is InChI=1S/C17H19N5OS/c1-11-8-12(2)22-17(18-11)19-15(20-22)9-16(23)21-6-3-4-14(21)13-5-7-24-10-13/h5,7-8,10,14H,3-4,6,9H2,1-2H3. The fourth-order valence-corrected chi connectivity index (χ4v) is 4.10. The lowest BCUT2D eigenvalue weighted by atomic mass is 10.1. The van der Waals surface area contributed by atoms with Crippen molar-refractivity contribution in [1.29, 1.82) is 0 Å². The zero-order valence-corrected chi connectivity index (χ0v) is 14.6. The molecule has 0 aromatic carbocycles. The van der Waals surface area contributed by atoms with Crippen molar-refractivity contribution in [2.24, 2.45) is 0 Å². The van der Waals surface area contributed by atoms with E-state index < -0.39 is 0 Å². The maximum atomic E-state index is 12.8. The molecule has 0 bridgehead atoms. The number of hydrogen-bond donors (Lipinski definition) is 0. The number of amides is 1. The number of fused-ring (bicyclic) bond motifs is 1. The molecule has 1 atom stereocenters. The summed E-state index contributed by atoms with van der Waals surface area (Å²) in [5.41, 5.74) is 3.12. The summed E-state index contributed by atoms with van der Waals surface area (Å²) in [5, 5.41) is 8.65. The maximum absolute atomic E-state index is 12.8. The summed E-state index contributed by atoms with van der Waals surface area (Å²) in [6.07, 6.45) is 2.30. The van der Waals surface area contributed by atoms with Crippen LogP contribution < -0.4 is 0 Å². The van der Waals surface area contributed by atoms with E-state index in [-0.39, 0.29) is 18.4 Å². The highest BCUT2D eigenvalue weighted by atomic mass is 32.1. The molecule has 24 heavy (non-hydrogen) atoms. The van der Waals surface area contributed by atoms with Gasteiger partial charge in [-0.2, -0.15) is 16.3 Å². The zero-order valence-electron chi connectivity index (χ0n) is 13.8. The van der Waals surface area contributed by atoms with E-state index in [1.54, 1.807) is 15.9 Å². The summed E-state index contributed by atoms with van der Waals surface area (Å²) >= 11 is 1.68. The predicted molar refractivity (Wildman–Crippen MR) is 92.0 cm³/mol. The van der Waals surface area contributed by atoms with Crippen LogP contribution in [-0.4, -0.2) is 36.9 Å². The van der Waals surface area contributed by atoms with Crippen LogP contribution in [0.15, 0.2) is 22.9 Å². The van der Waals surface area contributed by atoms with Gasteiger partial charge in [-0.15, -0.1) is 5.10 Å². The molecule has 0 radical (unpaired) electrons. The number of thiophene rings is 1. The largest absolute Gasteiger partial charge is 0.335 e. The first-order valence-corrected chi connectivity index (χ1v) is 9.07. The second-order valence-corrected chi connectivity index (χ2v) is 7.04. The number of aryl methyl sites for hydroxylation is 2. The van der Waals surface area contributed by atoms with Crippen molar-refractivity contribution in [2.45, 2.75) is 39.2 Å². The van der Waals surface area contributed by atoms with Crippen molar-refractivity contribution >= 4 is 23.0 Å². The van der Waals surface area contributed by atoms with Crippen LogP contribution in [0.2, 0.25) is 0 Å². The van der Waals surface area contributed by atoms with Gasteiger partial charge >= 0.3 is 0 Å². The van der Waals surface area contributed by atoms with Gasteiger partial charge in [-0.05, 0) is 55.1 Å². The van der Waals surface area contributed by atoms with E-state index in [9.17, 15) is 4.79 Å². The van der Waals surface area contributed by atoms with Gasteiger partial charge in [-0.3, -0.25) is 4.79 Å². The molecule has 124 valence electrons. The number of aromatic nitrogens is 4. The number of carbonyl (C=O) groups excluding carboxylic acids is 1. The Labute approximate surface area is 144 Å². The van der Waals surface area contributed by atoms with Gasteiger partial charge in [0.2, 0.25) is 5.91 Å². The van der Waals surface area contributed by atoms with Gasteiger partial charge < -0.3 is 4.90 Å². The summed E-state index contributed by atoms with van der Waals surface area (Å²) in [5.74, 6) is 1.19. The minimum Gasteiger partial charge on any atom is -0.335 e. The summed E-state index contributed by atoms with van der Waals surface area (Å²) in [6, 6.07) is 4.27. The SMILES string of the molecule is Cc1cc(C)n2nc(CC(=O)N3CCCC3c3ccsc3)nc2n1. The Bertz CT molecular complexity index is 886. The van der Waals surface area contributed by atoms with Crippen molar-refractivity contribution in [3.05, 3.63) is 45.7 Å². The number of hydrogen-bond acceptors (Lipinski definition) is 5. The molecule has 1 aliphatic heterocycles. The van der Waals surface area contributed by atoms with E-state index in [0.29, 0.717) is 11.6 Å². The molecular weight excluding hydrogens is 322 g/mol. The van der Waals surface area contributed by atoms with E-state index in [0.717, 1.165) is 30.8 Å². The molecule has 7 heteroatoms. The van der Waals surface area contributed by atoms with Crippen molar-refractivity contribution in [3.63, 3.8) is 0 Å². The topological polar surface area (TPSA) is 63.4 Å². The minimum absolute atomic E-state index is 0.0916. The van der Waals surface area contributed by atoms with E-state index in [1.165, 1.54) is 5.56 Å². The molecule has 1 fully saturated rings. The zero-order chi connectivity index (χ0) is 16.7. The van der Waals surface area contributed by atoms with Crippen LogP contribution in [0.3, 0.4) is 0 Å². The molecule has 1 amide bonds. The highest BCUT2D eigenvalue weighted by Gasteiger charge is 2.30. The Balaban J connectivity index is 1.56. The molecule has 6 nitrogen and oxygen atoms in total. The Morgan fingerprint density at radius 2 is 2.25 bits per heavy atom. The molecule has 0 aliphatic carbocycles. The Kier molecular flexibility index (Phi) is 3.80. The van der Waals surface area contributed by atoms with Gasteiger partial charge in [0, 0.05) is 17.9 Å². The van der Waals surface area contributed by atoms with Gasteiger partial charge in [0.25, 0.3) is 5.78 Å². The predicted octanol–water partition coefficient (Wildman–Crippen LogP) is 2.71. The third-order valence-electron chi connectivity index (χ3n) is 4.47. The van der Waals surface area contributed by atoms with Crippen molar-refractivity contribution in [1.82, 2.24) is 24.5 Å². The van der Waals surface area contributed by atoms with Gasteiger partial charge in [0.15, 0.2) is 5.82 Å². The lowest BCUT2D eigenvalue weighted by molar-refractivity contribution is -0.131. The van der Waals surface area contributed by atoms with E-state index in [1.807, 2.05) is 24.8 Å². The number of nitrogens with zero attached hydrogens (tertiary/aromatic N) is 5. The molecule has 4 rings (SSSR count). The van der Waals surface area contributed by atoms with Crippen LogP contribution in [0, 0.1) is 13.8 Å². The number of carbonyl (C=O) groups is 1. The third-order valence-corrected chi connectivity index (χ3v) is 5.17. The average Bonchev–Trinajstić information content (AvgIpc) is 3.26. The average molecular weight is 341 g/mol. The second kappa shape index (κ2) is 5.98. The Hall–Kier alpha value is -2.28. The highest BCUT2D eigenvalue weighted by molar-refractivity contribution is 7.07. The van der Waals surface area contributed by atoms with Crippen LogP contribution in [0.5, 0.6) is 0 Å². The van der Waals surface area contributed by atoms with Crippen molar-refractivity contribution < 1.29 is 4.79 Å². The van der Waals surface area contributed by atoms with Crippen molar-refractivity contribution in [2.75, 3.05) is 6.54 Å². The van der Waals surface area contributed by atoms with Gasteiger partial charge in [0.1, 0.15) is 0 Å². The molecule has 3 aromatic heterocycles. The van der Waals surface area contributed by atoms with Crippen LogP contribution >= 0.6 is 11.3 Å². The van der Waals surface area contributed by atoms with Crippen LogP contribution in [0.1, 0.15) is 41.7 Å². The Morgan fingerprint density at radius 3 is 3.04 bits per heavy atom. The summed E-state index contributed by atoms with van der Waals surface area (Å²) in [4.78, 5) is 23.6. The molecule has 1 unspecified atom stereocenters. The van der Waals surface area contributed by atoms with Crippen molar-refractivity contribution in [3.8, 4) is 0 Å². The first kappa shape index (κ1) is 15.3. The lowest BCUT2D eigenvalue weighted by Gasteiger charge is -2.23. The van der Waals surface area contributed by atoms with Gasteiger partial charge in [0.05, 0.1) is 12.5 Å². The lowest BCUT2D eigenvalue weighted by Crippen LogP contribution is -2.32. The Morgan fingerprint density at radius 1 is 1.38 bits per heavy atom. The molecule has 0 spiro atoms. The summed E-state index contributed by atoms with van der Waals surface area (Å²) in [6.45, 7) is 4.71.